The van der Waals surface area contributed by atoms with Crippen LogP contribution >= 0.6 is 0 Å². The molecule has 1 atom stereocenters. The van der Waals surface area contributed by atoms with Crippen LogP contribution in [0.25, 0.3) is 0 Å². The lowest BCUT2D eigenvalue weighted by Crippen LogP contribution is -2.38. The van der Waals surface area contributed by atoms with Crippen molar-refractivity contribution in [3.05, 3.63) is 17.8 Å². The second-order valence-electron chi connectivity index (χ2n) is 4.10. The number of aryl methyl sites for hydroxylation is 1. The number of amides is 2. The van der Waals surface area contributed by atoms with Crippen LogP contribution in [0, 0.1) is 6.92 Å². The molecule has 0 spiro atoms. The quantitative estimate of drug-likeness (QED) is 0.812. The van der Waals surface area contributed by atoms with Gasteiger partial charge in [-0.3, -0.25) is 9.59 Å². The number of aromatic nitrogens is 1. The van der Waals surface area contributed by atoms with Crippen molar-refractivity contribution in [1.82, 2.24) is 15.7 Å². The van der Waals surface area contributed by atoms with Crippen molar-refractivity contribution in [3.8, 4) is 0 Å². The summed E-state index contributed by atoms with van der Waals surface area (Å²) in [5, 5.41) is 6.43. The van der Waals surface area contributed by atoms with Gasteiger partial charge >= 0.3 is 0 Å². The summed E-state index contributed by atoms with van der Waals surface area (Å²) in [6.07, 6.45) is 2.21. The van der Waals surface area contributed by atoms with Gasteiger partial charge in [0.05, 0.1) is 6.20 Å². The van der Waals surface area contributed by atoms with Gasteiger partial charge in [-0.25, -0.2) is 10.4 Å². The number of carbonyl (C=O) groups is 2. The largest absolute Gasteiger partial charge is 0.444 e. The Morgan fingerprint density at radius 2 is 2.33 bits per heavy atom. The SMILES string of the molecule is Cc1cnc(C(C)NC(=O)C2=NNC(=O)CC2)o1. The fourth-order valence-electron chi connectivity index (χ4n) is 1.55. The molecule has 1 aliphatic rings. The van der Waals surface area contributed by atoms with Gasteiger partial charge in [0.15, 0.2) is 0 Å². The molecule has 7 heteroatoms. The fraction of sp³-hybridized carbons (Fsp3) is 0.455. The van der Waals surface area contributed by atoms with Gasteiger partial charge in [-0.05, 0) is 13.8 Å². The molecule has 0 bridgehead atoms. The maximum absolute atomic E-state index is 11.8. The highest BCUT2D eigenvalue weighted by molar-refractivity contribution is 6.39. The summed E-state index contributed by atoms with van der Waals surface area (Å²) >= 11 is 0. The summed E-state index contributed by atoms with van der Waals surface area (Å²) in [7, 11) is 0. The molecule has 0 saturated carbocycles. The topological polar surface area (TPSA) is 96.6 Å². The van der Waals surface area contributed by atoms with E-state index in [4.69, 9.17) is 4.42 Å². The highest BCUT2D eigenvalue weighted by Gasteiger charge is 2.21. The predicted octanol–water partition coefficient (Wildman–Crippen LogP) is 0.426. The Hall–Kier alpha value is -2.18. The number of rotatable bonds is 3. The second kappa shape index (κ2) is 4.99. The van der Waals surface area contributed by atoms with Gasteiger partial charge in [-0.1, -0.05) is 0 Å². The number of oxazole rings is 1. The molecular formula is C11H14N4O3. The zero-order valence-electron chi connectivity index (χ0n) is 10.2. The first-order valence-corrected chi connectivity index (χ1v) is 5.65. The highest BCUT2D eigenvalue weighted by Crippen LogP contribution is 2.12. The molecule has 0 aliphatic carbocycles. The zero-order valence-corrected chi connectivity index (χ0v) is 10.2. The molecule has 1 aromatic heterocycles. The monoisotopic (exact) mass is 250 g/mol. The standard InChI is InChI=1S/C11H14N4O3/c1-6-5-12-11(18-6)7(2)13-10(17)8-3-4-9(16)15-14-8/h5,7H,3-4H2,1-2H3,(H,13,17)(H,15,16). The molecule has 96 valence electrons. The number of hydrazone groups is 1. The summed E-state index contributed by atoms with van der Waals surface area (Å²) < 4.78 is 5.32. The minimum absolute atomic E-state index is 0.178. The van der Waals surface area contributed by atoms with Crippen LogP contribution in [0.3, 0.4) is 0 Å². The first-order valence-electron chi connectivity index (χ1n) is 5.65. The van der Waals surface area contributed by atoms with Crippen molar-refractivity contribution in [3.63, 3.8) is 0 Å². The van der Waals surface area contributed by atoms with Crippen molar-refractivity contribution in [2.45, 2.75) is 32.7 Å². The van der Waals surface area contributed by atoms with Crippen LogP contribution in [-0.2, 0) is 9.59 Å². The van der Waals surface area contributed by atoms with Gasteiger partial charge in [0.25, 0.3) is 5.91 Å². The summed E-state index contributed by atoms with van der Waals surface area (Å²) in [6.45, 7) is 3.55. The molecule has 1 unspecified atom stereocenters. The number of hydrogen-bond acceptors (Lipinski definition) is 5. The first-order chi connectivity index (χ1) is 8.56. The van der Waals surface area contributed by atoms with Crippen LogP contribution in [0.1, 0.15) is 37.5 Å². The van der Waals surface area contributed by atoms with E-state index in [1.54, 1.807) is 20.0 Å². The van der Waals surface area contributed by atoms with Crippen LogP contribution in [0.2, 0.25) is 0 Å². The molecule has 0 saturated heterocycles. The molecule has 2 heterocycles. The van der Waals surface area contributed by atoms with Crippen molar-refractivity contribution < 1.29 is 14.0 Å². The molecule has 0 aromatic carbocycles. The molecule has 2 rings (SSSR count). The number of nitrogens with zero attached hydrogens (tertiary/aromatic N) is 2. The van der Waals surface area contributed by atoms with E-state index in [1.807, 2.05) is 0 Å². The fourth-order valence-corrected chi connectivity index (χ4v) is 1.55. The lowest BCUT2D eigenvalue weighted by Gasteiger charge is -2.14. The number of hydrogen-bond donors (Lipinski definition) is 2. The van der Waals surface area contributed by atoms with Crippen molar-refractivity contribution in [1.29, 1.82) is 0 Å². The Morgan fingerprint density at radius 1 is 1.56 bits per heavy atom. The smallest absolute Gasteiger partial charge is 0.268 e. The Balaban J connectivity index is 1.97. The number of carbonyl (C=O) groups excluding carboxylic acids is 2. The van der Waals surface area contributed by atoms with Crippen molar-refractivity contribution in [2.75, 3.05) is 0 Å². The molecule has 1 aliphatic heterocycles. The molecule has 0 radical (unpaired) electrons. The Labute approximate surface area is 104 Å². The first kappa shape index (κ1) is 12.3. The van der Waals surface area contributed by atoms with Crippen LogP contribution in [0.5, 0.6) is 0 Å². The second-order valence-corrected chi connectivity index (χ2v) is 4.10. The van der Waals surface area contributed by atoms with Gasteiger partial charge in [-0.15, -0.1) is 0 Å². The van der Waals surface area contributed by atoms with Gasteiger partial charge in [0, 0.05) is 12.8 Å². The maximum Gasteiger partial charge on any atom is 0.268 e. The predicted molar refractivity (Wildman–Crippen MR) is 62.6 cm³/mol. The van der Waals surface area contributed by atoms with Crippen molar-refractivity contribution >= 4 is 17.5 Å². The average Bonchev–Trinajstić information content (AvgIpc) is 2.76. The third kappa shape index (κ3) is 2.73. The van der Waals surface area contributed by atoms with Crippen LogP contribution in [0.4, 0.5) is 0 Å². The van der Waals surface area contributed by atoms with Gasteiger partial charge < -0.3 is 9.73 Å². The molecule has 2 N–H and O–H groups in total. The zero-order chi connectivity index (χ0) is 13.1. The van der Waals surface area contributed by atoms with E-state index >= 15 is 0 Å². The molecule has 0 fully saturated rings. The van der Waals surface area contributed by atoms with E-state index in [-0.39, 0.29) is 24.3 Å². The van der Waals surface area contributed by atoms with Gasteiger partial charge in [-0.2, -0.15) is 5.10 Å². The lowest BCUT2D eigenvalue weighted by molar-refractivity contribution is -0.121. The third-order valence-electron chi connectivity index (χ3n) is 2.52. The van der Waals surface area contributed by atoms with Crippen LogP contribution in [0.15, 0.2) is 15.7 Å². The normalized spacial score (nSPS) is 16.8. The van der Waals surface area contributed by atoms with Crippen molar-refractivity contribution in [2.24, 2.45) is 5.10 Å². The molecule has 18 heavy (non-hydrogen) atoms. The maximum atomic E-state index is 11.8. The summed E-state index contributed by atoms with van der Waals surface area (Å²) in [5.41, 5.74) is 2.59. The van der Waals surface area contributed by atoms with E-state index in [1.165, 1.54) is 0 Å². The van der Waals surface area contributed by atoms with E-state index in [9.17, 15) is 9.59 Å². The minimum Gasteiger partial charge on any atom is -0.444 e. The van der Waals surface area contributed by atoms with E-state index < -0.39 is 0 Å². The Kier molecular flexibility index (Phi) is 3.40. The summed E-state index contributed by atoms with van der Waals surface area (Å²) in [5.74, 6) is 0.635. The highest BCUT2D eigenvalue weighted by atomic mass is 16.4. The minimum atomic E-state index is -0.341. The van der Waals surface area contributed by atoms with Crippen LogP contribution in [-0.4, -0.2) is 22.5 Å². The van der Waals surface area contributed by atoms with Gasteiger partial charge in [0.1, 0.15) is 17.5 Å². The molecule has 2 amide bonds. The number of nitrogens with one attached hydrogen (secondary N) is 2. The third-order valence-corrected chi connectivity index (χ3v) is 2.52. The molecule has 1 aromatic rings. The van der Waals surface area contributed by atoms with Gasteiger partial charge in [0.2, 0.25) is 11.8 Å². The average molecular weight is 250 g/mol. The summed E-state index contributed by atoms with van der Waals surface area (Å²) in [4.78, 5) is 26.8. The van der Waals surface area contributed by atoms with E-state index in [2.05, 4.69) is 20.8 Å². The summed E-state index contributed by atoms with van der Waals surface area (Å²) in [6, 6.07) is -0.341. The van der Waals surface area contributed by atoms with E-state index in [0.717, 1.165) is 0 Å². The molecule has 7 nitrogen and oxygen atoms in total. The molecular weight excluding hydrogens is 236 g/mol. The van der Waals surface area contributed by atoms with E-state index in [0.29, 0.717) is 23.8 Å². The lowest BCUT2D eigenvalue weighted by atomic mass is 10.1. The van der Waals surface area contributed by atoms with Crippen LogP contribution < -0.4 is 10.7 Å². The Bertz CT molecular complexity index is 506. The Morgan fingerprint density at radius 3 is 2.89 bits per heavy atom.